The molecule has 3 amide bonds. The molecule has 1 aromatic rings. The van der Waals surface area contributed by atoms with Gasteiger partial charge in [0.25, 0.3) is 17.7 Å². The van der Waals surface area contributed by atoms with Crippen LogP contribution >= 0.6 is 11.3 Å². The maximum absolute atomic E-state index is 12.9. The molecule has 1 aromatic heterocycles. The zero-order valence-corrected chi connectivity index (χ0v) is 17.3. The highest BCUT2D eigenvalue weighted by atomic mass is 32.1. The molecule has 2 bridgehead atoms. The minimum Gasteiger partial charge on any atom is -0.373 e. The van der Waals surface area contributed by atoms with Crippen LogP contribution in [0.15, 0.2) is 5.38 Å². The molecule has 28 heavy (non-hydrogen) atoms. The van der Waals surface area contributed by atoms with Crippen molar-refractivity contribution in [1.82, 2.24) is 10.4 Å². The van der Waals surface area contributed by atoms with Crippen LogP contribution in [-0.2, 0) is 27.2 Å². The molecule has 0 radical (unpaired) electrons. The van der Waals surface area contributed by atoms with Gasteiger partial charge in [-0.05, 0) is 49.0 Å². The molecule has 5 atom stereocenters. The van der Waals surface area contributed by atoms with Gasteiger partial charge in [-0.1, -0.05) is 20.8 Å². The predicted molar refractivity (Wildman–Crippen MR) is 103 cm³/mol. The van der Waals surface area contributed by atoms with Crippen molar-refractivity contribution in [3.8, 4) is 0 Å². The van der Waals surface area contributed by atoms with Crippen LogP contribution in [0.2, 0.25) is 0 Å². The maximum Gasteiger partial charge on any atom is 0.271 e. The number of nitrogens with one attached hydrogen (secondary N) is 1. The minimum absolute atomic E-state index is 0.170. The van der Waals surface area contributed by atoms with Gasteiger partial charge in [-0.2, -0.15) is 5.01 Å². The highest BCUT2D eigenvalue weighted by molar-refractivity contribution is 7.10. The standard InChI is InChI=1S/C21H26N2O4S/c1-21(2,3)10-4-5-11-12(9-28-15(11)8-10)18(24)22-23-19(25)16-13-6-7-14(27-13)17(16)20(23)26/h9-10,13-14,16-17H,4-8H2,1-3H3,(H,22,24)/t10-,13+,14+,16+,17+/m1/s1. The van der Waals surface area contributed by atoms with Gasteiger partial charge in [-0.3, -0.25) is 19.8 Å². The van der Waals surface area contributed by atoms with E-state index in [4.69, 9.17) is 4.74 Å². The van der Waals surface area contributed by atoms with E-state index in [2.05, 4.69) is 26.2 Å². The molecule has 0 spiro atoms. The number of thiophene rings is 1. The summed E-state index contributed by atoms with van der Waals surface area (Å²) in [7, 11) is 0. The van der Waals surface area contributed by atoms with E-state index in [9.17, 15) is 14.4 Å². The summed E-state index contributed by atoms with van der Waals surface area (Å²) in [6, 6.07) is 0. The van der Waals surface area contributed by atoms with E-state index in [0.717, 1.165) is 42.7 Å². The van der Waals surface area contributed by atoms with E-state index in [1.54, 1.807) is 11.3 Å². The van der Waals surface area contributed by atoms with Crippen molar-refractivity contribution in [1.29, 1.82) is 0 Å². The van der Waals surface area contributed by atoms with E-state index in [1.807, 2.05) is 5.38 Å². The normalized spacial score (nSPS) is 34.0. The number of fused-ring (bicyclic) bond motifs is 6. The van der Waals surface area contributed by atoms with Crippen LogP contribution in [0, 0.1) is 23.2 Å². The summed E-state index contributed by atoms with van der Waals surface area (Å²) in [5.74, 6) is -1.21. The lowest BCUT2D eigenvalue weighted by molar-refractivity contribution is -0.145. The lowest BCUT2D eigenvalue weighted by Crippen LogP contribution is -2.48. The maximum atomic E-state index is 12.9. The molecule has 7 heteroatoms. The molecule has 0 saturated carbocycles. The number of hydrazine groups is 1. The number of hydrogen-bond acceptors (Lipinski definition) is 5. The van der Waals surface area contributed by atoms with Crippen LogP contribution in [0.25, 0.3) is 0 Å². The van der Waals surface area contributed by atoms with Crippen LogP contribution in [0.5, 0.6) is 0 Å². The van der Waals surface area contributed by atoms with Crippen molar-refractivity contribution in [2.45, 2.75) is 65.1 Å². The molecule has 1 N–H and O–H groups in total. The third kappa shape index (κ3) is 2.59. The Morgan fingerprint density at radius 1 is 1.14 bits per heavy atom. The lowest BCUT2D eigenvalue weighted by Gasteiger charge is -2.34. The highest BCUT2D eigenvalue weighted by Gasteiger charge is 2.63. The Bertz CT molecular complexity index is 842. The van der Waals surface area contributed by atoms with Crippen LogP contribution in [0.4, 0.5) is 0 Å². The number of imide groups is 1. The number of rotatable bonds is 2. The summed E-state index contributed by atoms with van der Waals surface area (Å²) < 4.78 is 5.74. The number of carbonyl (C=O) groups excluding carboxylic acids is 3. The molecule has 6 nitrogen and oxygen atoms in total. The first-order valence-electron chi connectivity index (χ1n) is 10.2. The van der Waals surface area contributed by atoms with Crippen LogP contribution in [0.1, 0.15) is 60.8 Å². The first-order chi connectivity index (χ1) is 13.3. The molecule has 0 unspecified atom stereocenters. The second-order valence-electron chi connectivity index (χ2n) is 9.65. The molecule has 5 rings (SSSR count). The fourth-order valence-electron chi connectivity index (χ4n) is 5.43. The zero-order chi connectivity index (χ0) is 19.8. The van der Waals surface area contributed by atoms with E-state index >= 15 is 0 Å². The highest BCUT2D eigenvalue weighted by Crippen LogP contribution is 2.48. The number of hydrogen-bond donors (Lipinski definition) is 1. The van der Waals surface area contributed by atoms with Gasteiger partial charge in [0.15, 0.2) is 0 Å². The van der Waals surface area contributed by atoms with Gasteiger partial charge in [0, 0.05) is 10.3 Å². The van der Waals surface area contributed by atoms with E-state index in [1.165, 1.54) is 4.88 Å². The van der Waals surface area contributed by atoms with Crippen molar-refractivity contribution >= 4 is 29.1 Å². The summed E-state index contributed by atoms with van der Waals surface area (Å²) in [5.41, 5.74) is 4.57. The Balaban J connectivity index is 1.33. The molecule has 4 heterocycles. The largest absolute Gasteiger partial charge is 0.373 e. The summed E-state index contributed by atoms with van der Waals surface area (Å²) in [5, 5.41) is 2.85. The number of carbonyl (C=O) groups is 3. The van der Waals surface area contributed by atoms with Crippen molar-refractivity contribution < 1.29 is 19.1 Å². The molecule has 4 aliphatic rings. The first kappa shape index (κ1) is 18.3. The van der Waals surface area contributed by atoms with E-state index in [0.29, 0.717) is 11.5 Å². The van der Waals surface area contributed by atoms with E-state index in [-0.39, 0.29) is 35.3 Å². The molecule has 0 aromatic carbocycles. The molecule has 150 valence electrons. The topological polar surface area (TPSA) is 75.7 Å². The molecular formula is C21H26N2O4S. The fraction of sp³-hybridized carbons (Fsp3) is 0.667. The molecule has 3 fully saturated rings. The average Bonchev–Trinajstić information content (AvgIpc) is 3.39. The lowest BCUT2D eigenvalue weighted by atomic mass is 9.72. The summed E-state index contributed by atoms with van der Waals surface area (Å²) in [6.07, 6.45) is 4.21. The van der Waals surface area contributed by atoms with Crippen molar-refractivity contribution in [3.05, 3.63) is 21.4 Å². The smallest absolute Gasteiger partial charge is 0.271 e. The minimum atomic E-state index is -0.421. The Kier molecular flexibility index (Phi) is 4.01. The van der Waals surface area contributed by atoms with Crippen molar-refractivity contribution in [2.24, 2.45) is 23.2 Å². The van der Waals surface area contributed by atoms with Crippen molar-refractivity contribution in [3.63, 3.8) is 0 Å². The van der Waals surface area contributed by atoms with Crippen LogP contribution < -0.4 is 5.43 Å². The van der Waals surface area contributed by atoms with Crippen molar-refractivity contribution in [2.75, 3.05) is 0 Å². The van der Waals surface area contributed by atoms with Gasteiger partial charge in [0.1, 0.15) is 0 Å². The van der Waals surface area contributed by atoms with Gasteiger partial charge in [0.2, 0.25) is 0 Å². The number of nitrogens with zero attached hydrogens (tertiary/aromatic N) is 1. The van der Waals surface area contributed by atoms with Crippen LogP contribution in [-0.4, -0.2) is 34.9 Å². The van der Waals surface area contributed by atoms with Crippen LogP contribution in [0.3, 0.4) is 0 Å². The number of ether oxygens (including phenoxy) is 1. The number of amides is 3. The summed E-state index contributed by atoms with van der Waals surface area (Å²) >= 11 is 1.62. The second kappa shape index (κ2) is 6.13. The first-order valence-corrected chi connectivity index (χ1v) is 11.1. The SMILES string of the molecule is CC(C)(C)[C@@H]1CCc2c(C(=O)NN3C(=O)[C@@H]4[C@@H](C3=O)[C@@H]3CC[C@@H]4O3)csc2C1. The van der Waals surface area contributed by atoms with Gasteiger partial charge >= 0.3 is 0 Å². The molecular weight excluding hydrogens is 376 g/mol. The Morgan fingerprint density at radius 2 is 1.79 bits per heavy atom. The Hall–Kier alpha value is -1.73. The monoisotopic (exact) mass is 402 g/mol. The van der Waals surface area contributed by atoms with Gasteiger partial charge in [-0.25, -0.2) is 0 Å². The van der Waals surface area contributed by atoms with Gasteiger partial charge in [0.05, 0.1) is 29.6 Å². The summed E-state index contributed by atoms with van der Waals surface area (Å²) in [6.45, 7) is 6.80. The third-order valence-electron chi connectivity index (χ3n) is 7.12. The third-order valence-corrected chi connectivity index (χ3v) is 8.17. The quantitative estimate of drug-likeness (QED) is 0.772. The molecule has 1 aliphatic carbocycles. The predicted octanol–water partition coefficient (Wildman–Crippen LogP) is 2.71. The fourth-order valence-corrected chi connectivity index (χ4v) is 6.59. The van der Waals surface area contributed by atoms with Gasteiger partial charge < -0.3 is 4.74 Å². The molecule has 3 aliphatic heterocycles. The summed E-state index contributed by atoms with van der Waals surface area (Å²) in [4.78, 5) is 39.7. The Labute approximate surface area is 168 Å². The average molecular weight is 403 g/mol. The Morgan fingerprint density at radius 3 is 2.39 bits per heavy atom. The van der Waals surface area contributed by atoms with Gasteiger partial charge in [-0.15, -0.1) is 11.3 Å². The van der Waals surface area contributed by atoms with E-state index < -0.39 is 11.8 Å². The second-order valence-corrected chi connectivity index (χ2v) is 10.6. The molecule has 3 saturated heterocycles. The zero-order valence-electron chi connectivity index (χ0n) is 16.5.